The Morgan fingerprint density at radius 3 is 2.30 bits per heavy atom. The Labute approximate surface area is 168 Å². The van der Waals surface area contributed by atoms with Crippen molar-refractivity contribution in [1.29, 1.82) is 0 Å². The van der Waals surface area contributed by atoms with E-state index >= 15 is 0 Å². The number of para-hydroxylation sites is 1. The van der Waals surface area contributed by atoms with Gasteiger partial charge in [0.1, 0.15) is 5.75 Å². The number of H-pyrrole nitrogens is 1. The molecule has 0 bridgehead atoms. The summed E-state index contributed by atoms with van der Waals surface area (Å²) in [6.07, 6.45) is -3.21. The van der Waals surface area contributed by atoms with Crippen LogP contribution in [0, 0.1) is 0 Å². The molecule has 0 saturated heterocycles. The van der Waals surface area contributed by atoms with Crippen LogP contribution in [0.5, 0.6) is 5.75 Å². The highest BCUT2D eigenvalue weighted by molar-refractivity contribution is 5.83. The first-order chi connectivity index (χ1) is 14.4. The largest absolute Gasteiger partial charge is 0.573 e. The van der Waals surface area contributed by atoms with E-state index in [4.69, 9.17) is 0 Å². The highest BCUT2D eigenvalue weighted by Crippen LogP contribution is 2.27. The highest BCUT2D eigenvalue weighted by Gasteiger charge is 2.31. The molecular formula is C22H15F3N2O3. The normalized spacial score (nSPS) is 11.6. The van der Waals surface area contributed by atoms with Gasteiger partial charge in [0.15, 0.2) is 5.43 Å². The fourth-order valence-corrected chi connectivity index (χ4v) is 3.21. The van der Waals surface area contributed by atoms with E-state index < -0.39 is 13.0 Å². The highest BCUT2D eigenvalue weighted by atomic mass is 19.4. The Hall–Kier alpha value is -3.65. The van der Waals surface area contributed by atoms with Crippen molar-refractivity contribution in [3.63, 3.8) is 0 Å². The number of aliphatic hydroxyl groups is 1. The van der Waals surface area contributed by atoms with Crippen LogP contribution in [0.1, 0.15) is 5.56 Å². The molecule has 0 radical (unpaired) electrons. The number of hydrogen-bond donors (Lipinski definition) is 2. The van der Waals surface area contributed by atoms with E-state index in [0.717, 1.165) is 0 Å². The number of alkyl halides is 3. The SMILES string of the molecule is O=c1c(CO)c(-c2ccc(-c3ccc(OC(F)(F)F)cc3)nc2)[nH]c2ccccc12. The number of pyridine rings is 2. The van der Waals surface area contributed by atoms with E-state index in [2.05, 4.69) is 14.7 Å². The second-order valence-electron chi connectivity index (χ2n) is 6.52. The third kappa shape index (κ3) is 3.90. The van der Waals surface area contributed by atoms with Gasteiger partial charge < -0.3 is 14.8 Å². The Morgan fingerprint density at radius 2 is 1.67 bits per heavy atom. The van der Waals surface area contributed by atoms with Crippen molar-refractivity contribution < 1.29 is 23.0 Å². The number of rotatable bonds is 4. The maximum Gasteiger partial charge on any atom is 0.573 e. The van der Waals surface area contributed by atoms with E-state index in [1.807, 2.05) is 0 Å². The molecule has 0 fully saturated rings. The molecule has 5 nitrogen and oxygen atoms in total. The van der Waals surface area contributed by atoms with Gasteiger partial charge in [0.2, 0.25) is 0 Å². The molecule has 0 saturated carbocycles. The number of ether oxygens (including phenoxy) is 1. The zero-order valence-corrected chi connectivity index (χ0v) is 15.4. The third-order valence-corrected chi connectivity index (χ3v) is 4.60. The minimum absolute atomic E-state index is 0.233. The summed E-state index contributed by atoms with van der Waals surface area (Å²) in [6.45, 7) is -0.433. The number of fused-ring (bicyclic) bond motifs is 1. The standard InChI is InChI=1S/C22H15F3N2O3/c23-22(24,25)30-15-8-5-13(6-9-15)18-10-7-14(11-26-18)20-17(12-28)21(29)16-3-1-2-4-19(16)27-20/h1-11,28H,12H2,(H,27,29). The number of benzene rings is 2. The molecule has 0 aliphatic carbocycles. The Balaban J connectivity index is 1.68. The molecule has 8 heteroatoms. The van der Waals surface area contributed by atoms with Gasteiger partial charge >= 0.3 is 6.36 Å². The average Bonchev–Trinajstić information content (AvgIpc) is 2.73. The zero-order valence-electron chi connectivity index (χ0n) is 15.4. The molecule has 152 valence electrons. The van der Waals surface area contributed by atoms with Crippen LogP contribution >= 0.6 is 0 Å². The molecule has 0 aliphatic heterocycles. The molecule has 2 aromatic heterocycles. The van der Waals surface area contributed by atoms with Gasteiger partial charge in [-0.3, -0.25) is 9.78 Å². The summed E-state index contributed by atoms with van der Waals surface area (Å²) in [5, 5.41) is 10.2. The van der Waals surface area contributed by atoms with E-state index in [1.165, 1.54) is 30.5 Å². The quantitative estimate of drug-likeness (QED) is 0.512. The van der Waals surface area contributed by atoms with Gasteiger partial charge in [-0.05, 0) is 48.5 Å². The summed E-state index contributed by atoms with van der Waals surface area (Å²) in [5.74, 6) is -0.316. The lowest BCUT2D eigenvalue weighted by atomic mass is 10.0. The fraction of sp³-hybridized carbons (Fsp3) is 0.0909. The molecule has 0 aliphatic rings. The van der Waals surface area contributed by atoms with Crippen molar-refractivity contribution in [2.45, 2.75) is 13.0 Å². The summed E-state index contributed by atoms with van der Waals surface area (Å²) in [4.78, 5) is 20.2. The average molecular weight is 412 g/mol. The van der Waals surface area contributed by atoms with Gasteiger partial charge in [-0.25, -0.2) is 0 Å². The van der Waals surface area contributed by atoms with Crippen LogP contribution in [0.25, 0.3) is 33.4 Å². The number of aromatic amines is 1. The van der Waals surface area contributed by atoms with Gasteiger partial charge in [-0.2, -0.15) is 0 Å². The topological polar surface area (TPSA) is 75.2 Å². The second-order valence-corrected chi connectivity index (χ2v) is 6.52. The van der Waals surface area contributed by atoms with Crippen molar-refractivity contribution in [1.82, 2.24) is 9.97 Å². The van der Waals surface area contributed by atoms with Gasteiger partial charge in [-0.1, -0.05) is 12.1 Å². The van der Waals surface area contributed by atoms with Gasteiger partial charge in [0.05, 0.1) is 18.0 Å². The van der Waals surface area contributed by atoms with E-state index in [0.29, 0.717) is 33.4 Å². The predicted octanol–water partition coefficient (Wildman–Crippen LogP) is 4.65. The molecule has 30 heavy (non-hydrogen) atoms. The first-order valence-electron chi connectivity index (χ1n) is 8.93. The lowest BCUT2D eigenvalue weighted by Gasteiger charge is -2.11. The van der Waals surface area contributed by atoms with Crippen LogP contribution in [-0.4, -0.2) is 21.4 Å². The maximum absolute atomic E-state index is 12.7. The first kappa shape index (κ1) is 19.7. The molecule has 2 heterocycles. The smallest absolute Gasteiger partial charge is 0.406 e. The van der Waals surface area contributed by atoms with Gasteiger partial charge in [0, 0.05) is 33.8 Å². The van der Waals surface area contributed by atoms with Crippen molar-refractivity contribution in [2.75, 3.05) is 0 Å². The summed E-state index contributed by atoms with van der Waals surface area (Å²) >= 11 is 0. The van der Waals surface area contributed by atoms with Crippen LogP contribution in [0.2, 0.25) is 0 Å². The van der Waals surface area contributed by atoms with Crippen molar-refractivity contribution in [3.05, 3.63) is 82.6 Å². The van der Waals surface area contributed by atoms with Crippen LogP contribution in [0.3, 0.4) is 0 Å². The fourth-order valence-electron chi connectivity index (χ4n) is 3.21. The van der Waals surface area contributed by atoms with Crippen LogP contribution < -0.4 is 10.2 Å². The Bertz CT molecular complexity index is 1250. The number of nitrogens with zero attached hydrogens (tertiary/aromatic N) is 1. The lowest BCUT2D eigenvalue weighted by Crippen LogP contribution is -2.16. The van der Waals surface area contributed by atoms with Crippen LogP contribution in [0.15, 0.2) is 71.7 Å². The second kappa shape index (κ2) is 7.64. The van der Waals surface area contributed by atoms with Crippen LogP contribution in [0.4, 0.5) is 13.2 Å². The molecule has 2 aromatic carbocycles. The molecule has 2 N–H and O–H groups in total. The monoisotopic (exact) mass is 412 g/mol. The Morgan fingerprint density at radius 1 is 0.967 bits per heavy atom. The number of aromatic nitrogens is 2. The molecular weight excluding hydrogens is 397 g/mol. The number of nitrogens with one attached hydrogen (secondary N) is 1. The minimum atomic E-state index is -4.75. The number of aliphatic hydroxyl groups excluding tert-OH is 1. The molecule has 0 atom stereocenters. The van der Waals surface area contributed by atoms with Gasteiger partial charge in [0.25, 0.3) is 0 Å². The van der Waals surface area contributed by atoms with E-state index in [-0.39, 0.29) is 16.7 Å². The summed E-state index contributed by atoms with van der Waals surface area (Å²) < 4.78 is 40.7. The summed E-state index contributed by atoms with van der Waals surface area (Å²) in [7, 11) is 0. The first-order valence-corrected chi connectivity index (χ1v) is 8.93. The number of halogens is 3. The van der Waals surface area contributed by atoms with Crippen molar-refractivity contribution in [2.24, 2.45) is 0 Å². The molecule has 0 spiro atoms. The van der Waals surface area contributed by atoms with E-state index in [9.17, 15) is 23.1 Å². The molecule has 4 rings (SSSR count). The molecule has 0 amide bonds. The van der Waals surface area contributed by atoms with E-state index in [1.54, 1.807) is 36.4 Å². The molecule has 4 aromatic rings. The lowest BCUT2D eigenvalue weighted by molar-refractivity contribution is -0.274. The zero-order chi connectivity index (χ0) is 21.3. The molecule has 0 unspecified atom stereocenters. The van der Waals surface area contributed by atoms with Crippen molar-refractivity contribution >= 4 is 10.9 Å². The summed E-state index contributed by atoms with van der Waals surface area (Å²) in [6, 6.07) is 15.8. The minimum Gasteiger partial charge on any atom is -0.406 e. The number of hydrogen-bond acceptors (Lipinski definition) is 4. The Kier molecular flexibility index (Phi) is 5.01. The van der Waals surface area contributed by atoms with Crippen molar-refractivity contribution in [3.8, 4) is 28.3 Å². The van der Waals surface area contributed by atoms with Crippen LogP contribution in [-0.2, 0) is 6.61 Å². The predicted molar refractivity (Wildman–Crippen MR) is 106 cm³/mol. The maximum atomic E-state index is 12.7. The van der Waals surface area contributed by atoms with Gasteiger partial charge in [-0.15, -0.1) is 13.2 Å². The third-order valence-electron chi connectivity index (χ3n) is 4.60. The summed E-state index contributed by atoms with van der Waals surface area (Å²) in [5.41, 5.74) is 2.82.